The summed E-state index contributed by atoms with van der Waals surface area (Å²) in [7, 11) is -3.34. The van der Waals surface area contributed by atoms with Gasteiger partial charge in [-0.2, -0.15) is 4.31 Å². The van der Waals surface area contributed by atoms with Crippen LogP contribution in [0, 0.1) is 19.8 Å². The summed E-state index contributed by atoms with van der Waals surface area (Å²) in [6.07, 6.45) is 1.09. The van der Waals surface area contributed by atoms with Crippen LogP contribution in [0.25, 0.3) is 0 Å². The van der Waals surface area contributed by atoms with E-state index in [0.717, 1.165) is 24.1 Å². The Hall–Kier alpha value is -0.910. The molecule has 1 N–H and O–H groups in total. The second-order valence-electron chi connectivity index (χ2n) is 5.70. The van der Waals surface area contributed by atoms with Crippen LogP contribution in [0.5, 0.6) is 0 Å². The number of hydrogen-bond acceptors (Lipinski definition) is 3. The quantitative estimate of drug-likeness (QED) is 0.888. The highest BCUT2D eigenvalue weighted by molar-refractivity contribution is 7.89. The van der Waals surface area contributed by atoms with E-state index in [1.807, 2.05) is 26.0 Å². The highest BCUT2D eigenvalue weighted by Crippen LogP contribution is 2.30. The number of fused-ring (bicyclic) bond motifs is 1. The molecule has 5 heteroatoms. The van der Waals surface area contributed by atoms with Gasteiger partial charge in [0, 0.05) is 19.1 Å². The summed E-state index contributed by atoms with van der Waals surface area (Å²) in [6, 6.07) is 5.97. The predicted octanol–water partition coefficient (Wildman–Crippen LogP) is 1.29. The van der Waals surface area contributed by atoms with Crippen molar-refractivity contribution in [2.24, 2.45) is 5.92 Å². The zero-order valence-electron chi connectivity index (χ0n) is 11.4. The minimum atomic E-state index is -3.34. The van der Waals surface area contributed by atoms with Crippen molar-refractivity contribution in [2.75, 3.05) is 19.6 Å². The third-order valence-corrected chi connectivity index (χ3v) is 6.26. The lowest BCUT2D eigenvalue weighted by molar-refractivity contribution is 0.448. The van der Waals surface area contributed by atoms with E-state index in [9.17, 15) is 8.42 Å². The molecule has 0 radical (unpaired) electrons. The molecule has 3 rings (SSSR count). The number of hydrogen-bond donors (Lipinski definition) is 1. The van der Waals surface area contributed by atoms with Crippen LogP contribution in [-0.2, 0) is 10.0 Å². The van der Waals surface area contributed by atoms with E-state index >= 15 is 0 Å². The minimum absolute atomic E-state index is 0.347. The first-order chi connectivity index (χ1) is 8.98. The van der Waals surface area contributed by atoms with E-state index in [4.69, 9.17) is 0 Å². The van der Waals surface area contributed by atoms with Gasteiger partial charge < -0.3 is 5.32 Å². The van der Waals surface area contributed by atoms with Gasteiger partial charge in [-0.15, -0.1) is 0 Å². The molecule has 2 atom stereocenters. The van der Waals surface area contributed by atoms with Crippen LogP contribution in [0.15, 0.2) is 23.1 Å². The minimum Gasteiger partial charge on any atom is -0.312 e. The van der Waals surface area contributed by atoms with Crippen molar-refractivity contribution >= 4 is 10.0 Å². The number of sulfonamides is 1. The van der Waals surface area contributed by atoms with Crippen molar-refractivity contribution < 1.29 is 8.42 Å². The van der Waals surface area contributed by atoms with Gasteiger partial charge >= 0.3 is 0 Å². The molecule has 0 unspecified atom stereocenters. The molecule has 1 aromatic rings. The first-order valence-electron chi connectivity index (χ1n) is 6.79. The van der Waals surface area contributed by atoms with Crippen LogP contribution in [0.2, 0.25) is 0 Å². The van der Waals surface area contributed by atoms with Crippen LogP contribution in [0.1, 0.15) is 17.5 Å². The monoisotopic (exact) mass is 280 g/mol. The summed E-state index contributed by atoms with van der Waals surface area (Å²) in [4.78, 5) is 0.465. The topological polar surface area (TPSA) is 49.4 Å². The molecule has 4 nitrogen and oxygen atoms in total. The summed E-state index contributed by atoms with van der Waals surface area (Å²) >= 11 is 0. The van der Waals surface area contributed by atoms with Crippen molar-refractivity contribution in [3.8, 4) is 0 Å². The van der Waals surface area contributed by atoms with Crippen molar-refractivity contribution in [1.82, 2.24) is 9.62 Å². The van der Waals surface area contributed by atoms with Gasteiger partial charge in [0.1, 0.15) is 0 Å². The van der Waals surface area contributed by atoms with Gasteiger partial charge in [0.05, 0.1) is 4.90 Å². The number of nitrogens with zero attached hydrogens (tertiary/aromatic N) is 1. The standard InChI is InChI=1S/C14H20N2O2S/c1-10-3-4-11(2)14(7-10)19(17,18)16-8-12-5-6-15-13(12)9-16/h3-4,7,12-13,15H,5-6,8-9H2,1-2H3/t12-,13+/m0/s1. The Bertz CT molecular complexity index is 585. The highest BCUT2D eigenvalue weighted by Gasteiger charge is 2.41. The molecule has 0 saturated carbocycles. The lowest BCUT2D eigenvalue weighted by atomic mass is 10.1. The van der Waals surface area contributed by atoms with Crippen molar-refractivity contribution in [2.45, 2.75) is 31.2 Å². The summed E-state index contributed by atoms with van der Waals surface area (Å²) in [5.74, 6) is 0.486. The largest absolute Gasteiger partial charge is 0.312 e. The van der Waals surface area contributed by atoms with E-state index < -0.39 is 10.0 Å². The Morgan fingerprint density at radius 3 is 2.79 bits per heavy atom. The maximum Gasteiger partial charge on any atom is 0.243 e. The Morgan fingerprint density at radius 2 is 2.05 bits per heavy atom. The van der Waals surface area contributed by atoms with E-state index in [2.05, 4.69) is 5.32 Å². The van der Waals surface area contributed by atoms with E-state index in [-0.39, 0.29) is 0 Å². The number of benzene rings is 1. The highest BCUT2D eigenvalue weighted by atomic mass is 32.2. The zero-order chi connectivity index (χ0) is 13.6. The molecule has 2 aliphatic rings. The molecular formula is C14H20N2O2S. The molecule has 0 spiro atoms. The van der Waals surface area contributed by atoms with Gasteiger partial charge in [0.2, 0.25) is 10.0 Å². The Morgan fingerprint density at radius 1 is 1.26 bits per heavy atom. The van der Waals surface area contributed by atoms with Crippen LogP contribution >= 0.6 is 0 Å². The van der Waals surface area contributed by atoms with Gasteiger partial charge in [-0.25, -0.2) is 8.42 Å². The van der Waals surface area contributed by atoms with E-state index in [1.54, 1.807) is 10.4 Å². The number of aryl methyl sites for hydroxylation is 2. The second-order valence-corrected chi connectivity index (χ2v) is 7.61. The summed E-state index contributed by atoms with van der Waals surface area (Å²) in [5.41, 5.74) is 1.82. The normalized spacial score (nSPS) is 27.7. The van der Waals surface area contributed by atoms with Gasteiger partial charge in [0.25, 0.3) is 0 Å². The first kappa shape index (κ1) is 13.1. The zero-order valence-corrected chi connectivity index (χ0v) is 12.2. The third-order valence-electron chi connectivity index (χ3n) is 4.29. The summed E-state index contributed by atoms with van der Waals surface area (Å²) in [5, 5.41) is 3.39. The average molecular weight is 280 g/mol. The van der Waals surface area contributed by atoms with E-state index in [0.29, 0.717) is 29.9 Å². The first-order valence-corrected chi connectivity index (χ1v) is 8.23. The molecular weight excluding hydrogens is 260 g/mol. The second kappa shape index (κ2) is 4.58. The molecule has 19 heavy (non-hydrogen) atoms. The predicted molar refractivity (Wildman–Crippen MR) is 74.6 cm³/mol. The van der Waals surface area contributed by atoms with Crippen LogP contribution in [0.3, 0.4) is 0 Å². The Balaban J connectivity index is 1.93. The van der Waals surface area contributed by atoms with Gasteiger partial charge in [0.15, 0.2) is 0 Å². The molecule has 0 amide bonds. The molecule has 1 aromatic carbocycles. The smallest absolute Gasteiger partial charge is 0.243 e. The maximum absolute atomic E-state index is 12.7. The summed E-state index contributed by atoms with van der Waals surface area (Å²) in [6.45, 7) is 6.08. The molecule has 104 valence electrons. The van der Waals surface area contributed by atoms with Crippen LogP contribution < -0.4 is 5.32 Å². The van der Waals surface area contributed by atoms with Crippen molar-refractivity contribution in [3.05, 3.63) is 29.3 Å². The molecule has 0 bridgehead atoms. The third kappa shape index (κ3) is 2.20. The Kier molecular flexibility index (Phi) is 3.15. The van der Waals surface area contributed by atoms with Gasteiger partial charge in [-0.3, -0.25) is 0 Å². The van der Waals surface area contributed by atoms with Gasteiger partial charge in [-0.05, 0) is 49.9 Å². The number of rotatable bonds is 2. The molecule has 2 aliphatic heterocycles. The molecule has 2 heterocycles. The average Bonchev–Trinajstić information content (AvgIpc) is 2.92. The SMILES string of the molecule is Cc1ccc(C)c(S(=O)(=O)N2C[C@@H]3CCN[C@@H]3C2)c1. The molecule has 2 fully saturated rings. The van der Waals surface area contributed by atoms with Crippen molar-refractivity contribution in [3.63, 3.8) is 0 Å². The lowest BCUT2D eigenvalue weighted by Crippen LogP contribution is -2.34. The van der Waals surface area contributed by atoms with E-state index in [1.165, 1.54) is 0 Å². The summed E-state index contributed by atoms with van der Waals surface area (Å²) < 4.78 is 27.1. The van der Waals surface area contributed by atoms with Gasteiger partial charge in [-0.1, -0.05) is 12.1 Å². The fourth-order valence-electron chi connectivity index (χ4n) is 3.13. The number of nitrogens with one attached hydrogen (secondary N) is 1. The molecule has 0 aromatic heterocycles. The molecule has 0 aliphatic carbocycles. The van der Waals surface area contributed by atoms with Crippen LogP contribution in [-0.4, -0.2) is 38.4 Å². The fourth-order valence-corrected chi connectivity index (χ4v) is 4.96. The van der Waals surface area contributed by atoms with Crippen LogP contribution in [0.4, 0.5) is 0 Å². The Labute approximate surface area is 114 Å². The van der Waals surface area contributed by atoms with Crippen molar-refractivity contribution in [1.29, 1.82) is 0 Å². The molecule has 2 saturated heterocycles. The lowest BCUT2D eigenvalue weighted by Gasteiger charge is -2.19. The maximum atomic E-state index is 12.7. The fraction of sp³-hybridized carbons (Fsp3) is 0.571.